The predicted octanol–water partition coefficient (Wildman–Crippen LogP) is 4.54. The van der Waals surface area contributed by atoms with E-state index in [0.717, 1.165) is 18.4 Å². The van der Waals surface area contributed by atoms with Crippen LogP contribution < -0.4 is 0 Å². The molecule has 0 aromatic heterocycles. The van der Waals surface area contributed by atoms with Gasteiger partial charge in [0, 0.05) is 12.1 Å². The molecule has 1 amide bonds. The summed E-state index contributed by atoms with van der Waals surface area (Å²) in [6.07, 6.45) is 3.71. The third-order valence-corrected chi connectivity index (χ3v) is 3.99. The molecule has 0 N–H and O–H groups in total. The van der Waals surface area contributed by atoms with Crippen LogP contribution in [0.15, 0.2) is 23.8 Å². The van der Waals surface area contributed by atoms with E-state index in [-0.39, 0.29) is 24.3 Å². The Morgan fingerprint density at radius 3 is 2.35 bits per heavy atom. The van der Waals surface area contributed by atoms with Crippen LogP contribution in [0.4, 0.5) is 4.79 Å². The second-order valence-corrected chi connectivity index (χ2v) is 6.43. The summed E-state index contributed by atoms with van der Waals surface area (Å²) in [5, 5.41) is 0. The highest BCUT2D eigenvalue weighted by molar-refractivity contribution is 5.68. The fourth-order valence-corrected chi connectivity index (χ4v) is 2.74. The van der Waals surface area contributed by atoms with Crippen molar-refractivity contribution in [3.05, 3.63) is 23.8 Å². The van der Waals surface area contributed by atoms with E-state index in [1.54, 1.807) is 4.90 Å². The van der Waals surface area contributed by atoms with Crippen LogP contribution in [-0.4, -0.2) is 29.2 Å². The van der Waals surface area contributed by atoms with Gasteiger partial charge >= 0.3 is 6.09 Å². The molecule has 0 fully saturated rings. The largest absolute Gasteiger partial charge is 0.442 e. The summed E-state index contributed by atoms with van der Waals surface area (Å²) in [6.45, 7) is 16.2. The molecule has 20 heavy (non-hydrogen) atoms. The van der Waals surface area contributed by atoms with E-state index in [0.29, 0.717) is 5.92 Å². The number of hydrogen-bond donors (Lipinski definition) is 0. The zero-order valence-corrected chi connectivity index (χ0v) is 13.8. The second-order valence-electron chi connectivity index (χ2n) is 6.43. The average molecular weight is 279 g/mol. The molecule has 114 valence electrons. The highest BCUT2D eigenvalue weighted by Gasteiger charge is 2.29. The standard InChI is InChI=1S/C17H29NO2/c1-11(2)15-9-8-14(7)16(10-15)20-17(19)18(12(3)4)13(5)6/h8,12-13,15-16H,1,9-10H2,2-7H3/t15-,16+/m1/s1. The normalized spacial score (nSPS) is 22.7. The minimum Gasteiger partial charge on any atom is -0.442 e. The van der Waals surface area contributed by atoms with Crippen molar-refractivity contribution >= 4 is 6.09 Å². The molecule has 0 aromatic carbocycles. The molecule has 1 aliphatic carbocycles. The lowest BCUT2D eigenvalue weighted by atomic mass is 9.84. The molecule has 0 saturated carbocycles. The molecule has 0 spiro atoms. The molecule has 1 aliphatic rings. The quantitative estimate of drug-likeness (QED) is 0.707. The Bertz CT molecular complexity index is 388. The van der Waals surface area contributed by atoms with Crippen LogP contribution >= 0.6 is 0 Å². The summed E-state index contributed by atoms with van der Waals surface area (Å²) in [7, 11) is 0. The van der Waals surface area contributed by atoms with Crippen LogP contribution in [0.1, 0.15) is 54.4 Å². The number of rotatable bonds is 4. The maximum absolute atomic E-state index is 12.4. The Morgan fingerprint density at radius 1 is 1.35 bits per heavy atom. The van der Waals surface area contributed by atoms with Crippen molar-refractivity contribution < 1.29 is 9.53 Å². The van der Waals surface area contributed by atoms with E-state index in [4.69, 9.17) is 4.74 Å². The van der Waals surface area contributed by atoms with Crippen molar-refractivity contribution in [3.8, 4) is 0 Å². The Hall–Kier alpha value is -1.25. The molecule has 0 heterocycles. The number of hydrogen-bond acceptors (Lipinski definition) is 2. The summed E-state index contributed by atoms with van der Waals surface area (Å²) >= 11 is 0. The molecule has 0 saturated heterocycles. The molecule has 0 unspecified atom stereocenters. The Morgan fingerprint density at radius 2 is 1.90 bits per heavy atom. The predicted molar refractivity (Wildman–Crippen MR) is 83.7 cm³/mol. The molecule has 0 aromatic rings. The number of carbonyl (C=O) groups is 1. The minimum absolute atomic E-state index is 0.113. The van der Waals surface area contributed by atoms with Crippen molar-refractivity contribution in [3.63, 3.8) is 0 Å². The van der Waals surface area contributed by atoms with Gasteiger partial charge in [-0.15, -0.1) is 0 Å². The van der Waals surface area contributed by atoms with Crippen LogP contribution in [0.2, 0.25) is 0 Å². The molecule has 0 radical (unpaired) electrons. The Kier molecular flexibility index (Phi) is 5.85. The lowest BCUT2D eigenvalue weighted by molar-refractivity contribution is 0.0482. The van der Waals surface area contributed by atoms with Crippen LogP contribution in [0.5, 0.6) is 0 Å². The van der Waals surface area contributed by atoms with Gasteiger partial charge in [-0.2, -0.15) is 0 Å². The lowest BCUT2D eigenvalue weighted by Gasteiger charge is -2.34. The first-order valence-electron chi connectivity index (χ1n) is 7.55. The fourth-order valence-electron chi connectivity index (χ4n) is 2.74. The average Bonchev–Trinajstić information content (AvgIpc) is 2.30. The minimum atomic E-state index is -0.213. The Balaban J connectivity index is 2.75. The van der Waals surface area contributed by atoms with Gasteiger partial charge in [0.15, 0.2) is 0 Å². The van der Waals surface area contributed by atoms with Gasteiger partial charge in [-0.05, 0) is 65.9 Å². The highest BCUT2D eigenvalue weighted by Crippen LogP contribution is 2.30. The number of nitrogens with zero attached hydrogens (tertiary/aromatic N) is 1. The van der Waals surface area contributed by atoms with Gasteiger partial charge in [0.1, 0.15) is 6.10 Å². The van der Waals surface area contributed by atoms with Crippen molar-refractivity contribution in [1.82, 2.24) is 4.90 Å². The number of carbonyl (C=O) groups excluding carboxylic acids is 1. The van der Waals surface area contributed by atoms with Crippen molar-refractivity contribution in [2.24, 2.45) is 5.92 Å². The molecular weight excluding hydrogens is 250 g/mol. The first-order chi connectivity index (χ1) is 9.23. The highest BCUT2D eigenvalue weighted by atomic mass is 16.6. The summed E-state index contributed by atoms with van der Waals surface area (Å²) in [5.74, 6) is 0.419. The van der Waals surface area contributed by atoms with Gasteiger partial charge in [-0.3, -0.25) is 0 Å². The molecule has 3 heteroatoms. The SMILES string of the molecule is C=C(C)[C@@H]1CC=C(C)[C@@H](OC(=O)N(C(C)C)C(C)C)C1. The van der Waals surface area contributed by atoms with Crippen molar-refractivity contribution in [1.29, 1.82) is 0 Å². The van der Waals surface area contributed by atoms with Crippen LogP contribution in [-0.2, 0) is 4.74 Å². The first kappa shape index (κ1) is 16.8. The molecular formula is C17H29NO2. The lowest BCUT2D eigenvalue weighted by Crippen LogP contribution is -2.44. The van der Waals surface area contributed by atoms with Crippen LogP contribution in [0, 0.1) is 5.92 Å². The summed E-state index contributed by atoms with van der Waals surface area (Å²) in [5.41, 5.74) is 2.32. The van der Waals surface area contributed by atoms with E-state index >= 15 is 0 Å². The van der Waals surface area contributed by atoms with Gasteiger partial charge in [0.05, 0.1) is 0 Å². The molecule has 3 nitrogen and oxygen atoms in total. The van der Waals surface area contributed by atoms with Gasteiger partial charge in [0.25, 0.3) is 0 Å². The van der Waals surface area contributed by atoms with Crippen molar-refractivity contribution in [2.75, 3.05) is 0 Å². The zero-order chi connectivity index (χ0) is 15.4. The number of allylic oxidation sites excluding steroid dienone is 2. The van der Waals surface area contributed by atoms with E-state index in [1.807, 2.05) is 41.5 Å². The maximum Gasteiger partial charge on any atom is 0.410 e. The topological polar surface area (TPSA) is 29.5 Å². The van der Waals surface area contributed by atoms with Crippen LogP contribution in [0.25, 0.3) is 0 Å². The molecule has 2 atom stereocenters. The van der Waals surface area contributed by atoms with Gasteiger partial charge in [-0.1, -0.05) is 18.2 Å². The van der Waals surface area contributed by atoms with Gasteiger partial charge in [0.2, 0.25) is 0 Å². The third kappa shape index (κ3) is 4.12. The fraction of sp³-hybridized carbons (Fsp3) is 0.706. The van der Waals surface area contributed by atoms with Crippen LogP contribution in [0.3, 0.4) is 0 Å². The first-order valence-corrected chi connectivity index (χ1v) is 7.55. The smallest absolute Gasteiger partial charge is 0.410 e. The summed E-state index contributed by atoms with van der Waals surface area (Å²) in [4.78, 5) is 14.2. The second kappa shape index (κ2) is 6.96. The summed E-state index contributed by atoms with van der Waals surface area (Å²) in [6, 6.07) is 0.291. The molecule has 0 bridgehead atoms. The summed E-state index contributed by atoms with van der Waals surface area (Å²) < 4.78 is 5.75. The number of ether oxygens (including phenoxy) is 1. The van der Waals surface area contributed by atoms with E-state index in [2.05, 4.69) is 12.7 Å². The monoisotopic (exact) mass is 279 g/mol. The maximum atomic E-state index is 12.4. The third-order valence-electron chi connectivity index (χ3n) is 3.99. The zero-order valence-electron chi connectivity index (χ0n) is 13.8. The van der Waals surface area contributed by atoms with E-state index in [1.165, 1.54) is 5.57 Å². The molecule has 1 rings (SSSR count). The van der Waals surface area contributed by atoms with E-state index in [9.17, 15) is 4.79 Å². The number of amides is 1. The van der Waals surface area contributed by atoms with Gasteiger partial charge in [-0.25, -0.2) is 4.79 Å². The van der Waals surface area contributed by atoms with Crippen molar-refractivity contribution in [2.45, 2.75) is 72.6 Å². The molecule has 0 aliphatic heterocycles. The Labute approximate surface area is 123 Å². The van der Waals surface area contributed by atoms with E-state index < -0.39 is 0 Å². The van der Waals surface area contributed by atoms with Gasteiger partial charge < -0.3 is 9.64 Å².